The largest absolute Gasteiger partial charge is 0.508 e. The number of hydrogen-bond donors (Lipinski definition) is 2. The summed E-state index contributed by atoms with van der Waals surface area (Å²) in [5, 5.41) is 12.7. The molecule has 0 radical (unpaired) electrons. The Bertz CT molecular complexity index is 314. The highest BCUT2D eigenvalue weighted by Crippen LogP contribution is 2.34. The van der Waals surface area contributed by atoms with Crippen LogP contribution >= 0.6 is 0 Å². The standard InChI is InChI=1S/C14H21NO/c1-15-14(11-5-3-2-4-6-11)12-7-9-13(16)10-8-12/h7-11,14-16H,2-6H2,1H3. The first-order chi connectivity index (χ1) is 7.81. The SMILES string of the molecule is CNC(c1ccc(O)cc1)C1CCCCC1. The molecule has 2 N–H and O–H groups in total. The van der Waals surface area contributed by atoms with Gasteiger partial charge in [0.05, 0.1) is 0 Å². The van der Waals surface area contributed by atoms with Crippen molar-refractivity contribution in [2.45, 2.75) is 38.1 Å². The first kappa shape index (κ1) is 11.5. The minimum Gasteiger partial charge on any atom is -0.508 e. The average molecular weight is 219 g/mol. The second-order valence-corrected chi connectivity index (χ2v) is 4.76. The van der Waals surface area contributed by atoms with Crippen LogP contribution in [0, 0.1) is 5.92 Å². The van der Waals surface area contributed by atoms with Crippen molar-refractivity contribution in [3.63, 3.8) is 0 Å². The number of nitrogens with one attached hydrogen (secondary N) is 1. The molecule has 1 aliphatic rings. The molecule has 2 nitrogen and oxygen atoms in total. The Hall–Kier alpha value is -1.02. The summed E-state index contributed by atoms with van der Waals surface area (Å²) in [6.07, 6.45) is 6.77. The summed E-state index contributed by atoms with van der Waals surface area (Å²) in [5.41, 5.74) is 1.30. The molecule has 1 aromatic rings. The van der Waals surface area contributed by atoms with Crippen molar-refractivity contribution in [1.82, 2.24) is 5.32 Å². The van der Waals surface area contributed by atoms with Crippen molar-refractivity contribution in [2.75, 3.05) is 7.05 Å². The number of phenolic OH excluding ortho intramolecular Hbond substituents is 1. The Morgan fingerprint density at radius 3 is 2.31 bits per heavy atom. The third kappa shape index (κ3) is 2.56. The van der Waals surface area contributed by atoms with E-state index in [1.807, 2.05) is 19.2 Å². The molecule has 88 valence electrons. The molecule has 0 aliphatic heterocycles. The summed E-state index contributed by atoms with van der Waals surface area (Å²) in [7, 11) is 2.03. The van der Waals surface area contributed by atoms with E-state index in [0.29, 0.717) is 11.8 Å². The van der Waals surface area contributed by atoms with Crippen molar-refractivity contribution in [3.05, 3.63) is 29.8 Å². The van der Waals surface area contributed by atoms with Gasteiger partial charge < -0.3 is 10.4 Å². The van der Waals surface area contributed by atoms with Crippen LogP contribution in [-0.4, -0.2) is 12.2 Å². The molecule has 1 unspecified atom stereocenters. The van der Waals surface area contributed by atoms with E-state index in [0.717, 1.165) is 5.92 Å². The van der Waals surface area contributed by atoms with Crippen molar-refractivity contribution >= 4 is 0 Å². The Balaban J connectivity index is 2.11. The number of benzene rings is 1. The molecule has 1 fully saturated rings. The van der Waals surface area contributed by atoms with Gasteiger partial charge in [-0.2, -0.15) is 0 Å². The summed E-state index contributed by atoms with van der Waals surface area (Å²) in [6.45, 7) is 0. The maximum absolute atomic E-state index is 9.30. The Morgan fingerprint density at radius 1 is 1.12 bits per heavy atom. The highest BCUT2D eigenvalue weighted by atomic mass is 16.3. The van der Waals surface area contributed by atoms with Gasteiger partial charge in [-0.15, -0.1) is 0 Å². The van der Waals surface area contributed by atoms with Crippen molar-refractivity contribution in [3.8, 4) is 5.75 Å². The fourth-order valence-corrected chi connectivity index (χ4v) is 2.82. The Kier molecular flexibility index (Phi) is 3.83. The van der Waals surface area contributed by atoms with Crippen LogP contribution in [0.4, 0.5) is 0 Å². The average Bonchev–Trinajstić information content (AvgIpc) is 2.34. The fourth-order valence-electron chi connectivity index (χ4n) is 2.82. The molecular weight excluding hydrogens is 198 g/mol. The highest BCUT2D eigenvalue weighted by Gasteiger charge is 2.23. The number of phenols is 1. The molecule has 1 aromatic carbocycles. The van der Waals surface area contributed by atoms with E-state index in [-0.39, 0.29) is 0 Å². The second kappa shape index (κ2) is 5.35. The molecule has 0 amide bonds. The summed E-state index contributed by atoms with van der Waals surface area (Å²) in [5.74, 6) is 1.10. The van der Waals surface area contributed by atoms with Gasteiger partial charge >= 0.3 is 0 Å². The second-order valence-electron chi connectivity index (χ2n) is 4.76. The Labute approximate surface area is 97.7 Å². The van der Waals surface area contributed by atoms with Gasteiger partial charge in [0.25, 0.3) is 0 Å². The molecule has 1 aliphatic carbocycles. The van der Waals surface area contributed by atoms with Crippen LogP contribution in [0.5, 0.6) is 5.75 Å². The normalized spacial score (nSPS) is 19.6. The number of hydrogen-bond acceptors (Lipinski definition) is 2. The zero-order valence-corrected chi connectivity index (χ0v) is 9.95. The van der Waals surface area contributed by atoms with Crippen molar-refractivity contribution in [1.29, 1.82) is 0 Å². The van der Waals surface area contributed by atoms with Crippen LogP contribution in [0.1, 0.15) is 43.7 Å². The van der Waals surface area contributed by atoms with E-state index in [1.165, 1.54) is 37.7 Å². The predicted octanol–water partition coefficient (Wildman–Crippen LogP) is 3.23. The van der Waals surface area contributed by atoms with E-state index in [9.17, 15) is 5.11 Å². The minimum atomic E-state index is 0.349. The predicted molar refractivity (Wildman–Crippen MR) is 66.5 cm³/mol. The van der Waals surface area contributed by atoms with E-state index < -0.39 is 0 Å². The van der Waals surface area contributed by atoms with Gasteiger partial charge in [-0.05, 0) is 43.5 Å². The van der Waals surface area contributed by atoms with Gasteiger partial charge in [-0.3, -0.25) is 0 Å². The van der Waals surface area contributed by atoms with Crippen LogP contribution in [0.3, 0.4) is 0 Å². The quantitative estimate of drug-likeness (QED) is 0.818. The first-order valence-electron chi connectivity index (χ1n) is 6.27. The molecule has 0 bridgehead atoms. The van der Waals surface area contributed by atoms with Gasteiger partial charge in [0.2, 0.25) is 0 Å². The maximum atomic E-state index is 9.30. The van der Waals surface area contributed by atoms with Crippen molar-refractivity contribution in [2.24, 2.45) is 5.92 Å². The zero-order chi connectivity index (χ0) is 11.4. The molecule has 1 atom stereocenters. The maximum Gasteiger partial charge on any atom is 0.115 e. The van der Waals surface area contributed by atoms with Crippen LogP contribution in [-0.2, 0) is 0 Å². The lowest BCUT2D eigenvalue weighted by Gasteiger charge is -2.30. The van der Waals surface area contributed by atoms with E-state index in [1.54, 1.807) is 12.1 Å². The fraction of sp³-hybridized carbons (Fsp3) is 0.571. The highest BCUT2D eigenvalue weighted by molar-refractivity contribution is 5.28. The van der Waals surface area contributed by atoms with Gasteiger partial charge in [-0.25, -0.2) is 0 Å². The Morgan fingerprint density at radius 2 is 1.75 bits per heavy atom. The van der Waals surface area contributed by atoms with Gasteiger partial charge in [0.1, 0.15) is 5.75 Å². The van der Waals surface area contributed by atoms with Crippen LogP contribution < -0.4 is 5.32 Å². The third-order valence-corrected chi connectivity index (χ3v) is 3.68. The third-order valence-electron chi connectivity index (χ3n) is 3.68. The molecule has 0 saturated heterocycles. The van der Waals surface area contributed by atoms with Crippen LogP contribution in [0.25, 0.3) is 0 Å². The molecule has 2 rings (SSSR count). The molecule has 2 heteroatoms. The molecule has 0 aromatic heterocycles. The van der Waals surface area contributed by atoms with Gasteiger partial charge in [0, 0.05) is 6.04 Å². The minimum absolute atomic E-state index is 0.349. The number of aromatic hydroxyl groups is 1. The van der Waals surface area contributed by atoms with E-state index in [4.69, 9.17) is 0 Å². The van der Waals surface area contributed by atoms with E-state index >= 15 is 0 Å². The van der Waals surface area contributed by atoms with Gasteiger partial charge in [0.15, 0.2) is 0 Å². The van der Waals surface area contributed by atoms with Gasteiger partial charge in [-0.1, -0.05) is 31.4 Å². The summed E-state index contributed by atoms with van der Waals surface area (Å²) < 4.78 is 0. The van der Waals surface area contributed by atoms with Crippen molar-refractivity contribution < 1.29 is 5.11 Å². The molecular formula is C14H21NO. The zero-order valence-electron chi connectivity index (χ0n) is 9.95. The molecule has 1 saturated carbocycles. The van der Waals surface area contributed by atoms with Crippen LogP contribution in [0.15, 0.2) is 24.3 Å². The first-order valence-corrected chi connectivity index (χ1v) is 6.27. The molecule has 16 heavy (non-hydrogen) atoms. The summed E-state index contributed by atoms with van der Waals surface area (Å²) in [6, 6.07) is 8.07. The lowest BCUT2D eigenvalue weighted by molar-refractivity contribution is 0.281. The summed E-state index contributed by atoms with van der Waals surface area (Å²) >= 11 is 0. The lowest BCUT2D eigenvalue weighted by Crippen LogP contribution is -2.26. The smallest absolute Gasteiger partial charge is 0.115 e. The van der Waals surface area contributed by atoms with E-state index in [2.05, 4.69) is 5.32 Å². The topological polar surface area (TPSA) is 32.3 Å². The lowest BCUT2D eigenvalue weighted by atomic mass is 9.81. The van der Waals surface area contributed by atoms with Crippen LogP contribution in [0.2, 0.25) is 0 Å². The summed E-state index contributed by atoms with van der Waals surface area (Å²) in [4.78, 5) is 0. The molecule has 0 spiro atoms. The molecule has 0 heterocycles. The monoisotopic (exact) mass is 219 g/mol. The number of rotatable bonds is 3.